The molecule has 2 nitrogen and oxygen atoms in total. The van der Waals surface area contributed by atoms with Crippen LogP contribution in [0.5, 0.6) is 0 Å². The van der Waals surface area contributed by atoms with E-state index in [0.29, 0.717) is 6.04 Å². The molecule has 1 N–H and O–H groups in total. The minimum atomic E-state index is 0.656. The first kappa shape index (κ1) is 12.6. The van der Waals surface area contributed by atoms with Gasteiger partial charge in [0.2, 0.25) is 0 Å². The summed E-state index contributed by atoms with van der Waals surface area (Å²) < 4.78 is 0. The highest BCUT2D eigenvalue weighted by Crippen LogP contribution is 2.31. The molecular weight excluding hydrogens is 232 g/mol. The maximum atomic E-state index is 4.72. The molecule has 0 aliphatic heterocycles. The van der Waals surface area contributed by atoms with Crippen LogP contribution in [-0.4, -0.2) is 11.0 Å². The quantitative estimate of drug-likeness (QED) is 0.902. The Hall–Kier alpha value is -1.41. The van der Waals surface area contributed by atoms with Gasteiger partial charge in [-0.1, -0.05) is 38.1 Å². The molecule has 19 heavy (non-hydrogen) atoms. The number of rotatable bonds is 3. The molecule has 1 fully saturated rings. The van der Waals surface area contributed by atoms with Gasteiger partial charge in [-0.3, -0.25) is 4.98 Å². The molecule has 1 aromatic heterocycles. The minimum Gasteiger partial charge on any atom is -0.308 e. The van der Waals surface area contributed by atoms with E-state index in [2.05, 4.69) is 49.5 Å². The highest BCUT2D eigenvalue weighted by molar-refractivity contribution is 5.78. The van der Waals surface area contributed by atoms with Crippen LogP contribution in [0.2, 0.25) is 0 Å². The minimum absolute atomic E-state index is 0.656. The molecule has 3 unspecified atom stereocenters. The fourth-order valence-corrected chi connectivity index (χ4v) is 3.10. The number of nitrogens with zero attached hydrogens (tertiary/aromatic N) is 1. The summed E-state index contributed by atoms with van der Waals surface area (Å²) in [7, 11) is 0. The van der Waals surface area contributed by atoms with Gasteiger partial charge in [-0.25, -0.2) is 0 Å². The van der Waals surface area contributed by atoms with Gasteiger partial charge in [0.1, 0.15) is 0 Å². The Bertz CT molecular complexity index is 564. The highest BCUT2D eigenvalue weighted by atomic mass is 14.9. The molecule has 0 radical (unpaired) electrons. The van der Waals surface area contributed by atoms with E-state index in [-0.39, 0.29) is 0 Å². The van der Waals surface area contributed by atoms with Gasteiger partial charge in [-0.05, 0) is 36.8 Å². The van der Waals surface area contributed by atoms with E-state index in [4.69, 9.17) is 4.98 Å². The second-order valence-corrected chi connectivity index (χ2v) is 5.90. The lowest BCUT2D eigenvalue weighted by atomic mass is 9.98. The van der Waals surface area contributed by atoms with Crippen molar-refractivity contribution in [1.82, 2.24) is 10.3 Å². The lowest BCUT2D eigenvalue weighted by Gasteiger charge is -2.19. The van der Waals surface area contributed by atoms with Crippen LogP contribution in [0.25, 0.3) is 10.9 Å². The van der Waals surface area contributed by atoms with Gasteiger partial charge < -0.3 is 5.32 Å². The fraction of sp³-hybridized carbons (Fsp3) is 0.471. The van der Waals surface area contributed by atoms with E-state index in [9.17, 15) is 0 Å². The second kappa shape index (κ2) is 5.30. The average Bonchev–Trinajstić information content (AvgIpc) is 2.76. The molecule has 0 bridgehead atoms. The van der Waals surface area contributed by atoms with Crippen molar-refractivity contribution >= 4 is 10.9 Å². The van der Waals surface area contributed by atoms with Crippen molar-refractivity contribution in [2.45, 2.75) is 39.3 Å². The molecule has 0 amide bonds. The van der Waals surface area contributed by atoms with Crippen LogP contribution in [0, 0.1) is 11.8 Å². The highest BCUT2D eigenvalue weighted by Gasteiger charge is 2.29. The molecule has 2 heteroatoms. The lowest BCUT2D eigenvalue weighted by Crippen LogP contribution is -2.32. The molecule has 1 aliphatic carbocycles. The lowest BCUT2D eigenvalue weighted by molar-refractivity contribution is 0.369. The smallest absolute Gasteiger partial charge is 0.0705 e. The SMILES string of the molecule is CC1CCC(NCc2ccc3ccccc3n2)C1C. The van der Waals surface area contributed by atoms with Crippen LogP contribution in [0.15, 0.2) is 36.4 Å². The van der Waals surface area contributed by atoms with Crippen molar-refractivity contribution in [3.8, 4) is 0 Å². The zero-order chi connectivity index (χ0) is 13.2. The summed E-state index contributed by atoms with van der Waals surface area (Å²) in [6.45, 7) is 5.61. The summed E-state index contributed by atoms with van der Waals surface area (Å²) in [5.74, 6) is 1.63. The number of pyridine rings is 1. The van der Waals surface area contributed by atoms with Crippen LogP contribution in [-0.2, 0) is 6.54 Å². The van der Waals surface area contributed by atoms with Crippen molar-refractivity contribution < 1.29 is 0 Å². The maximum Gasteiger partial charge on any atom is 0.0705 e. The predicted molar refractivity (Wildman–Crippen MR) is 79.9 cm³/mol. The van der Waals surface area contributed by atoms with E-state index in [1.165, 1.54) is 18.2 Å². The van der Waals surface area contributed by atoms with Gasteiger partial charge in [0.25, 0.3) is 0 Å². The van der Waals surface area contributed by atoms with E-state index >= 15 is 0 Å². The van der Waals surface area contributed by atoms with Crippen molar-refractivity contribution in [1.29, 1.82) is 0 Å². The van der Waals surface area contributed by atoms with E-state index in [1.807, 2.05) is 6.07 Å². The Morgan fingerprint density at radius 3 is 2.74 bits per heavy atom. The third-order valence-corrected chi connectivity index (χ3v) is 4.67. The molecule has 3 atom stereocenters. The van der Waals surface area contributed by atoms with Gasteiger partial charge in [-0.2, -0.15) is 0 Å². The fourth-order valence-electron chi connectivity index (χ4n) is 3.10. The van der Waals surface area contributed by atoms with Crippen LogP contribution in [0.3, 0.4) is 0 Å². The number of para-hydroxylation sites is 1. The number of fused-ring (bicyclic) bond motifs is 1. The maximum absolute atomic E-state index is 4.72. The van der Waals surface area contributed by atoms with Gasteiger partial charge in [0.15, 0.2) is 0 Å². The van der Waals surface area contributed by atoms with Gasteiger partial charge in [-0.15, -0.1) is 0 Å². The topological polar surface area (TPSA) is 24.9 Å². The number of hydrogen-bond donors (Lipinski definition) is 1. The largest absolute Gasteiger partial charge is 0.308 e. The molecule has 0 saturated heterocycles. The predicted octanol–water partition coefficient (Wildman–Crippen LogP) is 3.76. The van der Waals surface area contributed by atoms with E-state index in [0.717, 1.165) is 29.6 Å². The Morgan fingerprint density at radius 1 is 1.11 bits per heavy atom. The molecule has 2 aromatic rings. The first-order valence-corrected chi connectivity index (χ1v) is 7.32. The van der Waals surface area contributed by atoms with Crippen molar-refractivity contribution in [2.75, 3.05) is 0 Å². The molecule has 100 valence electrons. The van der Waals surface area contributed by atoms with Crippen LogP contribution in [0.1, 0.15) is 32.4 Å². The summed E-state index contributed by atoms with van der Waals surface area (Å²) in [6.07, 6.45) is 2.65. The third kappa shape index (κ3) is 2.64. The average molecular weight is 254 g/mol. The molecule has 1 saturated carbocycles. The van der Waals surface area contributed by atoms with Gasteiger partial charge in [0, 0.05) is 18.0 Å². The van der Waals surface area contributed by atoms with Crippen LogP contribution >= 0.6 is 0 Å². The monoisotopic (exact) mass is 254 g/mol. The van der Waals surface area contributed by atoms with Crippen LogP contribution < -0.4 is 5.32 Å². The number of hydrogen-bond acceptors (Lipinski definition) is 2. The molecule has 1 aliphatic rings. The molecular formula is C17H22N2. The first-order valence-electron chi connectivity index (χ1n) is 7.32. The Labute approximate surface area is 115 Å². The van der Waals surface area contributed by atoms with Crippen molar-refractivity contribution in [3.63, 3.8) is 0 Å². The molecule has 3 rings (SSSR count). The number of nitrogens with one attached hydrogen (secondary N) is 1. The summed E-state index contributed by atoms with van der Waals surface area (Å²) in [5, 5.41) is 4.90. The summed E-state index contributed by atoms with van der Waals surface area (Å²) in [6, 6.07) is 13.3. The number of benzene rings is 1. The zero-order valence-corrected chi connectivity index (χ0v) is 11.8. The van der Waals surface area contributed by atoms with Gasteiger partial charge >= 0.3 is 0 Å². The Morgan fingerprint density at radius 2 is 1.95 bits per heavy atom. The number of aromatic nitrogens is 1. The standard InChI is InChI=1S/C17H22N2/c1-12-7-10-16(13(12)2)18-11-15-9-8-14-5-3-4-6-17(14)19-15/h3-6,8-9,12-13,16,18H,7,10-11H2,1-2H3. The molecule has 0 spiro atoms. The molecule has 1 heterocycles. The summed E-state index contributed by atoms with van der Waals surface area (Å²) in [5.41, 5.74) is 2.24. The van der Waals surface area contributed by atoms with Crippen LogP contribution in [0.4, 0.5) is 0 Å². The second-order valence-electron chi connectivity index (χ2n) is 5.90. The van der Waals surface area contributed by atoms with Gasteiger partial charge in [0.05, 0.1) is 11.2 Å². The van der Waals surface area contributed by atoms with Crippen molar-refractivity contribution in [3.05, 3.63) is 42.1 Å². The Balaban J connectivity index is 1.68. The first-order chi connectivity index (χ1) is 9.24. The normalized spacial score (nSPS) is 26.9. The molecule has 1 aromatic carbocycles. The third-order valence-electron chi connectivity index (χ3n) is 4.67. The summed E-state index contributed by atoms with van der Waals surface area (Å²) in [4.78, 5) is 4.72. The zero-order valence-electron chi connectivity index (χ0n) is 11.8. The summed E-state index contributed by atoms with van der Waals surface area (Å²) >= 11 is 0. The van der Waals surface area contributed by atoms with E-state index < -0.39 is 0 Å². The van der Waals surface area contributed by atoms with Crippen molar-refractivity contribution in [2.24, 2.45) is 11.8 Å². The van der Waals surface area contributed by atoms with E-state index in [1.54, 1.807) is 0 Å². The Kier molecular flexibility index (Phi) is 3.52.